The van der Waals surface area contributed by atoms with Gasteiger partial charge in [0.25, 0.3) is 0 Å². The van der Waals surface area contributed by atoms with Crippen molar-refractivity contribution in [2.75, 3.05) is 12.3 Å². The summed E-state index contributed by atoms with van der Waals surface area (Å²) in [7, 11) is -3.70. The van der Waals surface area contributed by atoms with Gasteiger partial charge in [0.1, 0.15) is 10.7 Å². The number of H-pyrrole nitrogens is 1. The first kappa shape index (κ1) is 14.0. The molecule has 20 heavy (non-hydrogen) atoms. The van der Waals surface area contributed by atoms with Crippen LogP contribution in [0.15, 0.2) is 35.5 Å². The highest BCUT2D eigenvalue weighted by molar-refractivity contribution is 7.89. The van der Waals surface area contributed by atoms with Crippen molar-refractivity contribution in [2.24, 2.45) is 0 Å². The maximum Gasteiger partial charge on any atom is 0.242 e. The predicted molar refractivity (Wildman–Crippen MR) is 73.0 cm³/mol. The Labute approximate surface area is 116 Å². The molecular formula is C12H13N5O2S. The molecule has 4 N–H and O–H groups in total. The molecule has 104 valence electrons. The molecular weight excluding hydrogens is 278 g/mol. The molecule has 0 saturated heterocycles. The van der Waals surface area contributed by atoms with Crippen molar-refractivity contribution in [1.29, 1.82) is 5.26 Å². The van der Waals surface area contributed by atoms with Gasteiger partial charge in [0.05, 0.1) is 17.3 Å². The number of aromatic nitrogens is 2. The normalized spacial score (nSPS) is 11.2. The summed E-state index contributed by atoms with van der Waals surface area (Å²) in [6.45, 7) is 0.204. The van der Waals surface area contributed by atoms with Crippen LogP contribution < -0.4 is 10.5 Å². The van der Waals surface area contributed by atoms with Crippen LogP contribution in [0, 0.1) is 11.3 Å². The summed E-state index contributed by atoms with van der Waals surface area (Å²) in [4.78, 5) is 6.85. The van der Waals surface area contributed by atoms with Gasteiger partial charge in [0.2, 0.25) is 10.0 Å². The lowest BCUT2D eigenvalue weighted by Crippen LogP contribution is -2.27. The van der Waals surface area contributed by atoms with Crippen molar-refractivity contribution in [1.82, 2.24) is 14.7 Å². The lowest BCUT2D eigenvalue weighted by atomic mass is 10.2. The van der Waals surface area contributed by atoms with Crippen LogP contribution in [0.25, 0.3) is 0 Å². The van der Waals surface area contributed by atoms with Gasteiger partial charge in [-0.2, -0.15) is 5.26 Å². The van der Waals surface area contributed by atoms with Crippen molar-refractivity contribution < 1.29 is 8.42 Å². The number of aromatic amines is 1. The van der Waals surface area contributed by atoms with E-state index in [1.807, 2.05) is 6.07 Å². The average Bonchev–Trinajstić information content (AvgIpc) is 2.91. The van der Waals surface area contributed by atoms with Crippen molar-refractivity contribution in [3.63, 3.8) is 0 Å². The molecule has 0 unspecified atom stereocenters. The number of anilines is 1. The summed E-state index contributed by atoms with van der Waals surface area (Å²) < 4.78 is 26.6. The van der Waals surface area contributed by atoms with Gasteiger partial charge in [-0.1, -0.05) is 0 Å². The van der Waals surface area contributed by atoms with Crippen LogP contribution in [0.2, 0.25) is 0 Å². The van der Waals surface area contributed by atoms with E-state index in [1.165, 1.54) is 18.2 Å². The third-order valence-corrected chi connectivity index (χ3v) is 4.17. The fourth-order valence-corrected chi connectivity index (χ4v) is 2.82. The van der Waals surface area contributed by atoms with E-state index >= 15 is 0 Å². The first-order valence-corrected chi connectivity index (χ1v) is 7.29. The van der Waals surface area contributed by atoms with Crippen LogP contribution in [0.1, 0.15) is 11.4 Å². The second-order valence-corrected chi connectivity index (χ2v) is 5.78. The van der Waals surface area contributed by atoms with Crippen LogP contribution >= 0.6 is 0 Å². The Hall–Kier alpha value is -2.37. The second kappa shape index (κ2) is 5.73. The van der Waals surface area contributed by atoms with E-state index in [0.717, 1.165) is 0 Å². The Morgan fingerprint density at radius 1 is 1.45 bits per heavy atom. The van der Waals surface area contributed by atoms with Gasteiger partial charge in [-0.15, -0.1) is 0 Å². The Bertz CT molecular complexity index is 732. The van der Waals surface area contributed by atoms with Gasteiger partial charge in [0.15, 0.2) is 0 Å². The smallest absolute Gasteiger partial charge is 0.242 e. The van der Waals surface area contributed by atoms with Crippen LogP contribution in [-0.2, 0) is 16.4 Å². The zero-order valence-corrected chi connectivity index (χ0v) is 11.3. The topological polar surface area (TPSA) is 125 Å². The molecule has 0 aliphatic rings. The number of benzene rings is 1. The number of nitrogens with one attached hydrogen (secondary N) is 2. The van der Waals surface area contributed by atoms with Crippen LogP contribution in [0.4, 0.5) is 5.69 Å². The molecule has 0 atom stereocenters. The van der Waals surface area contributed by atoms with E-state index in [2.05, 4.69) is 14.7 Å². The number of nitrogen functional groups attached to an aromatic ring is 1. The fourth-order valence-electron chi connectivity index (χ4n) is 1.68. The summed E-state index contributed by atoms with van der Waals surface area (Å²) in [5, 5.41) is 8.72. The van der Waals surface area contributed by atoms with Crippen LogP contribution in [0.5, 0.6) is 0 Å². The van der Waals surface area contributed by atoms with E-state index in [9.17, 15) is 8.42 Å². The third-order valence-electron chi connectivity index (χ3n) is 2.64. The van der Waals surface area contributed by atoms with Crippen molar-refractivity contribution in [3.8, 4) is 6.07 Å². The number of hydrogen-bond acceptors (Lipinski definition) is 5. The highest BCUT2D eigenvalue weighted by atomic mass is 32.2. The molecule has 8 heteroatoms. The molecule has 0 bridgehead atoms. The third kappa shape index (κ3) is 3.14. The first-order valence-electron chi connectivity index (χ1n) is 5.80. The minimum absolute atomic E-state index is 0.0315. The highest BCUT2D eigenvalue weighted by Gasteiger charge is 2.17. The van der Waals surface area contributed by atoms with Crippen LogP contribution in [-0.4, -0.2) is 24.9 Å². The van der Waals surface area contributed by atoms with E-state index < -0.39 is 10.0 Å². The molecule has 7 nitrogen and oxygen atoms in total. The number of rotatable bonds is 5. The van der Waals surface area contributed by atoms with Gasteiger partial charge >= 0.3 is 0 Å². The van der Waals surface area contributed by atoms with E-state index in [4.69, 9.17) is 11.0 Å². The number of imidazole rings is 1. The standard InChI is InChI=1S/C12H13N5O2S/c13-8-9-1-2-11(10(14)7-9)20(18,19)17-4-3-12-15-5-6-16-12/h1-2,5-7,17H,3-4,14H2,(H,15,16). The summed E-state index contributed by atoms with van der Waals surface area (Å²) in [6.07, 6.45) is 3.72. The Kier molecular flexibility index (Phi) is 4.02. The van der Waals surface area contributed by atoms with E-state index in [-0.39, 0.29) is 17.1 Å². The van der Waals surface area contributed by atoms with Crippen LogP contribution in [0.3, 0.4) is 0 Å². The Balaban J connectivity index is 2.08. The number of nitriles is 1. The van der Waals surface area contributed by atoms with Crippen molar-refractivity contribution >= 4 is 15.7 Å². The SMILES string of the molecule is N#Cc1ccc(S(=O)(=O)NCCc2ncc[nH]2)c(N)c1. The second-order valence-electron chi connectivity index (χ2n) is 4.05. The predicted octanol–water partition coefficient (Wildman–Crippen LogP) is 0.385. The van der Waals surface area contributed by atoms with Gasteiger partial charge in [-0.05, 0) is 18.2 Å². The molecule has 1 heterocycles. The monoisotopic (exact) mass is 291 g/mol. The Morgan fingerprint density at radius 3 is 2.85 bits per heavy atom. The lowest BCUT2D eigenvalue weighted by Gasteiger charge is -2.08. The number of hydrogen-bond donors (Lipinski definition) is 3. The van der Waals surface area contributed by atoms with Crippen molar-refractivity contribution in [2.45, 2.75) is 11.3 Å². The molecule has 0 amide bonds. The highest BCUT2D eigenvalue weighted by Crippen LogP contribution is 2.19. The van der Waals surface area contributed by atoms with E-state index in [1.54, 1.807) is 12.4 Å². The largest absolute Gasteiger partial charge is 0.398 e. The van der Waals surface area contributed by atoms with Crippen molar-refractivity contribution in [3.05, 3.63) is 42.0 Å². The minimum Gasteiger partial charge on any atom is -0.398 e. The molecule has 2 aromatic rings. The molecule has 0 spiro atoms. The molecule has 0 fully saturated rings. The fraction of sp³-hybridized carbons (Fsp3) is 0.167. The first-order chi connectivity index (χ1) is 9.53. The summed E-state index contributed by atoms with van der Waals surface area (Å²) in [5.74, 6) is 0.695. The van der Waals surface area contributed by atoms with Gasteiger partial charge in [-0.25, -0.2) is 18.1 Å². The number of nitrogens with two attached hydrogens (primary N) is 1. The molecule has 1 aromatic heterocycles. The molecule has 1 aromatic carbocycles. The van der Waals surface area contributed by atoms with Gasteiger partial charge in [-0.3, -0.25) is 0 Å². The Morgan fingerprint density at radius 2 is 2.25 bits per heavy atom. The zero-order valence-electron chi connectivity index (χ0n) is 10.5. The maximum atomic E-state index is 12.1. The maximum absolute atomic E-state index is 12.1. The minimum atomic E-state index is -3.70. The summed E-state index contributed by atoms with van der Waals surface area (Å²) in [5.41, 5.74) is 6.03. The number of sulfonamides is 1. The molecule has 0 radical (unpaired) electrons. The molecule has 2 rings (SSSR count). The van der Waals surface area contributed by atoms with Gasteiger partial charge < -0.3 is 10.7 Å². The molecule has 0 saturated carbocycles. The number of nitrogens with zero attached hydrogens (tertiary/aromatic N) is 2. The summed E-state index contributed by atoms with van der Waals surface area (Å²) in [6, 6.07) is 5.97. The molecule has 0 aliphatic heterocycles. The van der Waals surface area contributed by atoms with E-state index in [0.29, 0.717) is 17.8 Å². The quantitative estimate of drug-likeness (QED) is 0.687. The lowest BCUT2D eigenvalue weighted by molar-refractivity contribution is 0.581. The average molecular weight is 291 g/mol. The summed E-state index contributed by atoms with van der Waals surface area (Å²) >= 11 is 0. The van der Waals surface area contributed by atoms with Gasteiger partial charge in [0, 0.05) is 25.4 Å². The zero-order chi connectivity index (χ0) is 14.6. The molecule has 0 aliphatic carbocycles.